The monoisotopic (exact) mass is 344 g/mol. The topological polar surface area (TPSA) is 0 Å². The van der Waals surface area contributed by atoms with Crippen molar-refractivity contribution in [2.75, 3.05) is 5.33 Å². The van der Waals surface area contributed by atoms with E-state index in [4.69, 9.17) is 0 Å². The van der Waals surface area contributed by atoms with Crippen LogP contribution in [-0.4, -0.2) is 14.1 Å². The summed E-state index contributed by atoms with van der Waals surface area (Å²) < 4.78 is 0. The Kier molecular flexibility index (Phi) is 7.50. The minimum absolute atomic E-state index is 0.276. The summed E-state index contributed by atoms with van der Waals surface area (Å²) in [7, 11) is -0.276. The van der Waals surface area contributed by atoms with Crippen molar-refractivity contribution >= 4 is 24.7 Å². The maximum atomic E-state index is 3.67. The molecule has 0 aromatic rings. The smallest absolute Gasteiger partial charge is 0.0368 e. The van der Waals surface area contributed by atoms with Crippen molar-refractivity contribution in [3.05, 3.63) is 0 Å². The Morgan fingerprint density at radius 3 is 2.11 bits per heavy atom. The van der Waals surface area contributed by atoms with Crippen LogP contribution in [0.2, 0.25) is 18.1 Å². The van der Waals surface area contributed by atoms with Gasteiger partial charge in [-0.25, -0.2) is 0 Å². The Morgan fingerprint density at radius 2 is 1.53 bits per heavy atom. The summed E-state index contributed by atoms with van der Waals surface area (Å²) >= 11 is 3.67. The zero-order valence-corrected chi connectivity index (χ0v) is 15.6. The first-order chi connectivity index (χ1) is 9.33. The van der Waals surface area contributed by atoms with Crippen LogP contribution in [0.4, 0.5) is 0 Å². The molecule has 2 heteroatoms. The first kappa shape index (κ1) is 16.1. The van der Waals surface area contributed by atoms with E-state index >= 15 is 0 Å². The van der Waals surface area contributed by atoms with Gasteiger partial charge in [-0.3, -0.25) is 0 Å². The molecule has 1 saturated heterocycles. The molecule has 0 radical (unpaired) electrons. The van der Waals surface area contributed by atoms with Gasteiger partial charge in [-0.1, -0.05) is 73.1 Å². The van der Waals surface area contributed by atoms with Crippen molar-refractivity contribution in [2.24, 2.45) is 17.8 Å². The van der Waals surface area contributed by atoms with Crippen molar-refractivity contribution < 1.29 is 0 Å². The molecule has 1 aliphatic carbocycles. The highest BCUT2D eigenvalue weighted by molar-refractivity contribution is 9.09. The molecule has 0 aromatic heterocycles. The molecule has 112 valence electrons. The van der Waals surface area contributed by atoms with Gasteiger partial charge in [-0.15, -0.1) is 0 Å². The van der Waals surface area contributed by atoms with Gasteiger partial charge in [0, 0.05) is 14.1 Å². The summed E-state index contributed by atoms with van der Waals surface area (Å²) in [6.45, 7) is 2.34. The molecule has 2 fully saturated rings. The summed E-state index contributed by atoms with van der Waals surface area (Å²) in [6, 6.07) is 5.04. The SMILES string of the molecule is CCCCC[Si@H]1CC[C@H]([C@H]2CC[C@H](CBr)CC2)CC1. The maximum absolute atomic E-state index is 3.67. The van der Waals surface area contributed by atoms with Gasteiger partial charge < -0.3 is 0 Å². The summed E-state index contributed by atoms with van der Waals surface area (Å²) in [5, 5.41) is 1.25. The number of rotatable bonds is 6. The van der Waals surface area contributed by atoms with Gasteiger partial charge >= 0.3 is 0 Å². The van der Waals surface area contributed by atoms with Gasteiger partial charge in [-0.05, 0) is 43.4 Å². The zero-order chi connectivity index (χ0) is 13.5. The van der Waals surface area contributed by atoms with E-state index in [0.29, 0.717) is 0 Å². The second kappa shape index (κ2) is 8.87. The predicted octanol–water partition coefficient (Wildman–Crippen LogP) is 6.02. The summed E-state index contributed by atoms with van der Waals surface area (Å²) in [5.74, 6) is 3.24. The van der Waals surface area contributed by atoms with E-state index in [1.54, 1.807) is 50.2 Å². The Bertz CT molecular complexity index is 227. The highest BCUT2D eigenvalue weighted by atomic mass is 79.9. The van der Waals surface area contributed by atoms with Gasteiger partial charge in [0.2, 0.25) is 0 Å². The van der Waals surface area contributed by atoms with Crippen molar-refractivity contribution in [1.29, 1.82) is 0 Å². The first-order valence-electron chi connectivity index (χ1n) is 8.89. The minimum atomic E-state index is -0.276. The highest BCUT2D eigenvalue weighted by Crippen LogP contribution is 2.41. The van der Waals surface area contributed by atoms with E-state index < -0.39 is 0 Å². The molecule has 0 atom stereocenters. The van der Waals surface area contributed by atoms with Crippen LogP contribution >= 0.6 is 15.9 Å². The lowest BCUT2D eigenvalue weighted by molar-refractivity contribution is 0.201. The molecule has 0 nitrogen and oxygen atoms in total. The molecule has 0 unspecified atom stereocenters. The zero-order valence-electron chi connectivity index (χ0n) is 12.9. The van der Waals surface area contributed by atoms with Crippen LogP contribution in [0.25, 0.3) is 0 Å². The van der Waals surface area contributed by atoms with E-state index in [2.05, 4.69) is 22.9 Å². The molecule has 0 aromatic carbocycles. The van der Waals surface area contributed by atoms with Crippen LogP contribution in [0.3, 0.4) is 0 Å². The quantitative estimate of drug-likeness (QED) is 0.314. The highest BCUT2D eigenvalue weighted by Gasteiger charge is 2.30. The second-order valence-electron chi connectivity index (χ2n) is 7.21. The maximum Gasteiger partial charge on any atom is 0.0368 e. The van der Waals surface area contributed by atoms with Crippen molar-refractivity contribution in [3.63, 3.8) is 0 Å². The van der Waals surface area contributed by atoms with E-state index in [0.717, 1.165) is 17.8 Å². The van der Waals surface area contributed by atoms with Gasteiger partial charge in [0.1, 0.15) is 0 Å². The van der Waals surface area contributed by atoms with Gasteiger partial charge in [-0.2, -0.15) is 0 Å². The van der Waals surface area contributed by atoms with Crippen LogP contribution in [0.5, 0.6) is 0 Å². The molecule has 1 aliphatic heterocycles. The third-order valence-corrected chi connectivity index (χ3v) is 10.3. The number of alkyl halides is 1. The third-order valence-electron chi connectivity index (χ3n) is 5.88. The van der Waals surface area contributed by atoms with E-state index in [1.165, 1.54) is 31.0 Å². The molecular formula is C17H33BrSi. The summed E-state index contributed by atoms with van der Waals surface area (Å²) in [5.41, 5.74) is 0. The molecule has 19 heavy (non-hydrogen) atoms. The molecule has 0 bridgehead atoms. The van der Waals surface area contributed by atoms with Crippen LogP contribution < -0.4 is 0 Å². The third kappa shape index (κ3) is 5.19. The fourth-order valence-corrected chi connectivity index (χ4v) is 8.62. The van der Waals surface area contributed by atoms with Crippen LogP contribution in [0.1, 0.15) is 64.7 Å². The predicted molar refractivity (Wildman–Crippen MR) is 93.1 cm³/mol. The summed E-state index contributed by atoms with van der Waals surface area (Å²) in [4.78, 5) is 0. The molecule has 1 saturated carbocycles. The lowest BCUT2D eigenvalue weighted by atomic mass is 9.74. The van der Waals surface area contributed by atoms with Crippen LogP contribution in [0.15, 0.2) is 0 Å². The molecule has 2 aliphatic rings. The lowest BCUT2D eigenvalue weighted by Gasteiger charge is -2.37. The van der Waals surface area contributed by atoms with E-state index in [1.807, 2.05) is 0 Å². The van der Waals surface area contributed by atoms with E-state index in [-0.39, 0.29) is 8.80 Å². The van der Waals surface area contributed by atoms with Crippen LogP contribution in [0, 0.1) is 17.8 Å². The Morgan fingerprint density at radius 1 is 0.895 bits per heavy atom. The molecule has 0 spiro atoms. The van der Waals surface area contributed by atoms with E-state index in [9.17, 15) is 0 Å². The number of halogens is 1. The summed E-state index contributed by atoms with van der Waals surface area (Å²) in [6.07, 6.45) is 13.8. The fourth-order valence-electron chi connectivity index (χ4n) is 4.45. The van der Waals surface area contributed by atoms with Gasteiger partial charge in [0.15, 0.2) is 0 Å². The Balaban J connectivity index is 1.63. The lowest BCUT2D eigenvalue weighted by Crippen LogP contribution is -2.28. The largest absolute Gasteiger partial charge is 0.0925 e. The normalized spacial score (nSPS) is 36.3. The van der Waals surface area contributed by atoms with Crippen molar-refractivity contribution in [2.45, 2.75) is 82.8 Å². The van der Waals surface area contributed by atoms with Crippen molar-refractivity contribution in [3.8, 4) is 0 Å². The fraction of sp³-hybridized carbons (Fsp3) is 1.00. The molecule has 0 amide bonds. The average molecular weight is 345 g/mol. The number of hydrogen-bond acceptors (Lipinski definition) is 0. The Hall–Kier alpha value is 0.697. The van der Waals surface area contributed by atoms with Crippen LogP contribution in [-0.2, 0) is 0 Å². The first-order valence-corrected chi connectivity index (χ1v) is 12.5. The standard InChI is InChI=1S/C17H33BrSi/c1-2-3-4-11-19-12-9-17(10-13-19)16-7-5-15(14-18)6-8-16/h15-17,19H,2-14H2,1H3/t15-,16-,17-,19-. The van der Waals surface area contributed by atoms with Gasteiger partial charge in [0.05, 0.1) is 0 Å². The minimum Gasteiger partial charge on any atom is -0.0925 e. The molecule has 2 rings (SSSR count). The molecule has 0 N–H and O–H groups in total. The van der Waals surface area contributed by atoms with Gasteiger partial charge in [0.25, 0.3) is 0 Å². The number of unbranched alkanes of at least 4 members (excludes halogenated alkanes) is 2. The number of hydrogen-bond donors (Lipinski definition) is 0. The van der Waals surface area contributed by atoms with Crippen molar-refractivity contribution in [1.82, 2.24) is 0 Å². The Labute approximate surface area is 130 Å². The molecule has 1 heterocycles. The average Bonchev–Trinajstić information content (AvgIpc) is 2.48. The second-order valence-corrected chi connectivity index (χ2v) is 11.3. The molecular weight excluding hydrogens is 312 g/mol.